The van der Waals surface area contributed by atoms with Crippen LogP contribution in [0, 0.1) is 5.92 Å². The van der Waals surface area contributed by atoms with E-state index in [1.165, 1.54) is 36.8 Å². The van der Waals surface area contributed by atoms with Gasteiger partial charge in [0.1, 0.15) is 11.4 Å². The number of ether oxygens (including phenoxy) is 1. The van der Waals surface area contributed by atoms with Crippen molar-refractivity contribution >= 4 is 0 Å². The second-order valence-electron chi connectivity index (χ2n) is 6.74. The van der Waals surface area contributed by atoms with Crippen LogP contribution in [0.3, 0.4) is 0 Å². The zero-order chi connectivity index (χ0) is 13.3. The fourth-order valence-electron chi connectivity index (χ4n) is 2.93. The average Bonchev–Trinajstić information content (AvgIpc) is 3.10. The highest BCUT2D eigenvalue weighted by molar-refractivity contribution is 5.41. The van der Waals surface area contributed by atoms with Crippen LogP contribution in [-0.4, -0.2) is 12.1 Å². The van der Waals surface area contributed by atoms with Crippen molar-refractivity contribution in [1.29, 1.82) is 0 Å². The van der Waals surface area contributed by atoms with Crippen LogP contribution in [-0.2, 0) is 13.0 Å². The molecular weight excluding hydrogens is 234 g/mol. The third-order valence-corrected chi connectivity index (χ3v) is 4.12. The molecule has 1 saturated carbocycles. The highest BCUT2D eigenvalue weighted by Gasteiger charge is 2.29. The monoisotopic (exact) mass is 259 g/mol. The molecule has 0 atom stereocenters. The number of nitrogens with one attached hydrogen (secondary N) is 1. The molecule has 1 heterocycles. The number of rotatable bonds is 6. The van der Waals surface area contributed by atoms with Gasteiger partial charge in [0.25, 0.3) is 0 Å². The summed E-state index contributed by atoms with van der Waals surface area (Å²) >= 11 is 0. The standard InChI is InChI=1S/C17H25NO/c1-17(2)11-15-10-14(7-8-16(15)19-17)12-18-9-3-4-13-5-6-13/h7-8,10,13,18H,3-6,9,11-12H2,1-2H3. The summed E-state index contributed by atoms with van der Waals surface area (Å²) in [7, 11) is 0. The molecular formula is C17H25NO. The van der Waals surface area contributed by atoms with Crippen LogP contribution in [0.15, 0.2) is 18.2 Å². The van der Waals surface area contributed by atoms with Gasteiger partial charge in [-0.05, 0) is 56.3 Å². The molecule has 0 radical (unpaired) electrons. The molecule has 104 valence electrons. The van der Waals surface area contributed by atoms with Crippen LogP contribution in [0.25, 0.3) is 0 Å². The lowest BCUT2D eigenvalue weighted by Crippen LogP contribution is -2.24. The topological polar surface area (TPSA) is 21.3 Å². The van der Waals surface area contributed by atoms with Gasteiger partial charge in [0.2, 0.25) is 0 Å². The van der Waals surface area contributed by atoms with E-state index in [1.54, 1.807) is 0 Å². The first-order valence-electron chi connectivity index (χ1n) is 7.64. The fraction of sp³-hybridized carbons (Fsp3) is 0.647. The van der Waals surface area contributed by atoms with Crippen molar-refractivity contribution < 1.29 is 4.74 Å². The first-order chi connectivity index (χ1) is 9.12. The molecule has 0 saturated heterocycles. The van der Waals surface area contributed by atoms with Crippen molar-refractivity contribution in [3.8, 4) is 5.75 Å². The molecule has 1 aromatic rings. The predicted octanol–water partition coefficient (Wildman–Crippen LogP) is 3.68. The minimum atomic E-state index is -0.0291. The first-order valence-corrected chi connectivity index (χ1v) is 7.64. The van der Waals surface area contributed by atoms with E-state index in [-0.39, 0.29) is 5.60 Å². The van der Waals surface area contributed by atoms with Gasteiger partial charge in [-0.15, -0.1) is 0 Å². The van der Waals surface area contributed by atoms with E-state index in [9.17, 15) is 0 Å². The predicted molar refractivity (Wildman–Crippen MR) is 78.5 cm³/mol. The van der Waals surface area contributed by atoms with Crippen molar-refractivity contribution in [2.75, 3.05) is 6.54 Å². The summed E-state index contributed by atoms with van der Waals surface area (Å²) < 4.78 is 5.91. The molecule has 0 unspecified atom stereocenters. The van der Waals surface area contributed by atoms with Gasteiger partial charge in [0.05, 0.1) is 0 Å². The summed E-state index contributed by atoms with van der Waals surface area (Å²) in [6.45, 7) is 6.44. The van der Waals surface area contributed by atoms with Crippen LogP contribution in [0.5, 0.6) is 5.75 Å². The van der Waals surface area contributed by atoms with Gasteiger partial charge in [-0.1, -0.05) is 25.0 Å². The Labute approximate surface area is 116 Å². The third-order valence-electron chi connectivity index (χ3n) is 4.12. The molecule has 1 aliphatic heterocycles. The van der Waals surface area contributed by atoms with Crippen molar-refractivity contribution in [3.63, 3.8) is 0 Å². The maximum Gasteiger partial charge on any atom is 0.123 e. The van der Waals surface area contributed by atoms with E-state index in [4.69, 9.17) is 4.74 Å². The summed E-state index contributed by atoms with van der Waals surface area (Å²) in [5, 5.41) is 3.56. The minimum absolute atomic E-state index is 0.0291. The molecule has 1 aromatic carbocycles. The molecule has 2 aliphatic rings. The lowest BCUT2D eigenvalue weighted by Gasteiger charge is -2.16. The smallest absolute Gasteiger partial charge is 0.123 e. The summed E-state index contributed by atoms with van der Waals surface area (Å²) in [6, 6.07) is 6.62. The van der Waals surface area contributed by atoms with E-state index in [0.29, 0.717) is 0 Å². The third kappa shape index (κ3) is 3.50. The number of hydrogen-bond donors (Lipinski definition) is 1. The Morgan fingerprint density at radius 3 is 2.95 bits per heavy atom. The number of hydrogen-bond acceptors (Lipinski definition) is 2. The van der Waals surface area contributed by atoms with Crippen molar-refractivity contribution in [2.45, 2.75) is 58.1 Å². The Hall–Kier alpha value is -1.02. The van der Waals surface area contributed by atoms with Gasteiger partial charge in [-0.3, -0.25) is 0 Å². The Kier molecular flexibility index (Phi) is 3.53. The molecule has 0 bridgehead atoms. The molecule has 1 fully saturated rings. The van der Waals surface area contributed by atoms with Crippen molar-refractivity contribution in [3.05, 3.63) is 29.3 Å². The summed E-state index contributed by atoms with van der Waals surface area (Å²) in [5.74, 6) is 2.13. The summed E-state index contributed by atoms with van der Waals surface area (Å²) in [4.78, 5) is 0. The van der Waals surface area contributed by atoms with Crippen LogP contribution < -0.4 is 10.1 Å². The fourth-order valence-corrected chi connectivity index (χ4v) is 2.93. The van der Waals surface area contributed by atoms with E-state index < -0.39 is 0 Å². The Balaban J connectivity index is 1.46. The first kappa shape index (κ1) is 13.0. The molecule has 0 spiro atoms. The maximum atomic E-state index is 5.91. The molecule has 0 aromatic heterocycles. The van der Waals surface area contributed by atoms with Crippen LogP contribution in [0.1, 0.15) is 50.7 Å². The largest absolute Gasteiger partial charge is 0.487 e. The molecule has 19 heavy (non-hydrogen) atoms. The van der Waals surface area contributed by atoms with Crippen LogP contribution in [0.2, 0.25) is 0 Å². The molecule has 1 aliphatic carbocycles. The van der Waals surface area contributed by atoms with E-state index in [0.717, 1.165) is 31.2 Å². The summed E-state index contributed by atoms with van der Waals surface area (Å²) in [6.07, 6.45) is 6.71. The SMILES string of the molecule is CC1(C)Cc2cc(CNCCCC3CC3)ccc2O1. The average molecular weight is 259 g/mol. The zero-order valence-electron chi connectivity index (χ0n) is 12.2. The second kappa shape index (κ2) is 5.16. The molecule has 2 heteroatoms. The lowest BCUT2D eigenvalue weighted by molar-refractivity contribution is 0.138. The molecule has 0 amide bonds. The lowest BCUT2D eigenvalue weighted by atomic mass is 10.0. The highest BCUT2D eigenvalue weighted by Crippen LogP contribution is 2.35. The van der Waals surface area contributed by atoms with E-state index in [2.05, 4.69) is 37.4 Å². The summed E-state index contributed by atoms with van der Waals surface area (Å²) in [5.41, 5.74) is 2.72. The van der Waals surface area contributed by atoms with Gasteiger partial charge >= 0.3 is 0 Å². The van der Waals surface area contributed by atoms with Gasteiger partial charge in [0, 0.05) is 13.0 Å². The minimum Gasteiger partial charge on any atom is -0.487 e. The second-order valence-corrected chi connectivity index (χ2v) is 6.74. The quantitative estimate of drug-likeness (QED) is 0.787. The van der Waals surface area contributed by atoms with Crippen LogP contribution >= 0.6 is 0 Å². The molecule has 1 N–H and O–H groups in total. The van der Waals surface area contributed by atoms with Gasteiger partial charge in [0.15, 0.2) is 0 Å². The van der Waals surface area contributed by atoms with Gasteiger partial charge in [-0.2, -0.15) is 0 Å². The van der Waals surface area contributed by atoms with E-state index >= 15 is 0 Å². The number of fused-ring (bicyclic) bond motifs is 1. The maximum absolute atomic E-state index is 5.91. The van der Waals surface area contributed by atoms with Gasteiger partial charge in [-0.25, -0.2) is 0 Å². The van der Waals surface area contributed by atoms with Crippen molar-refractivity contribution in [1.82, 2.24) is 5.32 Å². The van der Waals surface area contributed by atoms with Crippen molar-refractivity contribution in [2.24, 2.45) is 5.92 Å². The zero-order valence-corrected chi connectivity index (χ0v) is 12.2. The Bertz CT molecular complexity index is 449. The number of benzene rings is 1. The Morgan fingerprint density at radius 1 is 1.32 bits per heavy atom. The van der Waals surface area contributed by atoms with Gasteiger partial charge < -0.3 is 10.1 Å². The normalized spacial score (nSPS) is 20.1. The molecule has 3 rings (SSSR count). The molecule has 2 nitrogen and oxygen atoms in total. The Morgan fingerprint density at radius 2 is 2.16 bits per heavy atom. The van der Waals surface area contributed by atoms with E-state index in [1.807, 2.05) is 0 Å². The highest BCUT2D eigenvalue weighted by atomic mass is 16.5. The van der Waals surface area contributed by atoms with Crippen LogP contribution in [0.4, 0.5) is 0 Å².